The Morgan fingerprint density at radius 3 is 2.70 bits per heavy atom. The van der Waals surface area contributed by atoms with Crippen molar-refractivity contribution in [2.45, 2.75) is 19.9 Å². The van der Waals surface area contributed by atoms with Gasteiger partial charge in [-0.05, 0) is 36.8 Å². The molecule has 138 valence electrons. The Balaban J connectivity index is 1.49. The van der Waals surface area contributed by atoms with Crippen molar-refractivity contribution in [2.24, 2.45) is 0 Å². The van der Waals surface area contributed by atoms with Crippen LogP contribution in [0.2, 0.25) is 5.02 Å². The molecule has 0 aliphatic rings. The minimum atomic E-state index is -0.431. The highest BCUT2D eigenvalue weighted by Gasteiger charge is 2.12. The average molecular weight is 385 g/mol. The first-order valence-electron chi connectivity index (χ1n) is 8.21. The Morgan fingerprint density at radius 2 is 1.96 bits per heavy atom. The Bertz CT molecular complexity index is 957. The number of nitrogens with one attached hydrogen (secondary N) is 2. The van der Waals surface area contributed by atoms with Gasteiger partial charge in [-0.25, -0.2) is 0 Å². The first-order valence-corrected chi connectivity index (χ1v) is 8.59. The quantitative estimate of drug-likeness (QED) is 0.635. The third-order valence-corrected chi connectivity index (χ3v) is 4.13. The summed E-state index contributed by atoms with van der Waals surface area (Å²) < 4.78 is 5.17. The molecule has 0 aliphatic carbocycles. The minimum Gasteiger partial charge on any atom is -0.359 e. The van der Waals surface area contributed by atoms with Gasteiger partial charge in [-0.15, -0.1) is 0 Å². The third kappa shape index (κ3) is 5.15. The smallest absolute Gasteiger partial charge is 0.233 e. The lowest BCUT2D eigenvalue weighted by Gasteiger charge is -2.07. The lowest BCUT2D eigenvalue weighted by Crippen LogP contribution is -2.27. The fourth-order valence-electron chi connectivity index (χ4n) is 2.30. The maximum Gasteiger partial charge on any atom is 0.233 e. The summed E-state index contributed by atoms with van der Waals surface area (Å²) in [7, 11) is 0. The molecular weight excluding hydrogens is 368 g/mol. The van der Waals surface area contributed by atoms with Crippen molar-refractivity contribution in [3.05, 3.63) is 65.0 Å². The topological polar surface area (TPSA) is 97.1 Å². The molecule has 7 nitrogen and oxygen atoms in total. The number of pyridine rings is 1. The van der Waals surface area contributed by atoms with Crippen LogP contribution in [0.1, 0.15) is 17.7 Å². The number of aryl methyl sites for hydroxylation is 1. The third-order valence-electron chi connectivity index (χ3n) is 3.72. The molecule has 0 fully saturated rings. The second kappa shape index (κ2) is 8.46. The minimum absolute atomic E-state index is 0.127. The van der Waals surface area contributed by atoms with Gasteiger partial charge in [0.2, 0.25) is 11.8 Å². The number of hydrogen-bond acceptors (Lipinski definition) is 5. The number of carbonyl (C=O) groups excluding carboxylic acids is 2. The van der Waals surface area contributed by atoms with Crippen LogP contribution in [0.4, 0.5) is 5.69 Å². The second-order valence-electron chi connectivity index (χ2n) is 5.86. The van der Waals surface area contributed by atoms with Crippen LogP contribution < -0.4 is 10.6 Å². The zero-order valence-corrected chi connectivity index (χ0v) is 15.3. The maximum absolute atomic E-state index is 12.0. The summed E-state index contributed by atoms with van der Waals surface area (Å²) in [6.45, 7) is 1.99. The number of nitrogens with zero attached hydrogens (tertiary/aromatic N) is 2. The first kappa shape index (κ1) is 18.6. The Labute approximate surface area is 160 Å². The molecule has 0 atom stereocenters. The average Bonchev–Trinajstić information content (AvgIpc) is 3.13. The predicted molar refractivity (Wildman–Crippen MR) is 101 cm³/mol. The summed E-state index contributed by atoms with van der Waals surface area (Å²) in [5.74, 6) is -0.393. The lowest BCUT2D eigenvalue weighted by molar-refractivity contribution is -0.127. The number of halogens is 1. The van der Waals surface area contributed by atoms with Crippen molar-refractivity contribution in [1.82, 2.24) is 15.5 Å². The van der Waals surface area contributed by atoms with Crippen LogP contribution in [0.15, 0.2) is 53.2 Å². The van der Waals surface area contributed by atoms with Crippen LogP contribution in [-0.4, -0.2) is 22.0 Å². The monoisotopic (exact) mass is 384 g/mol. The molecule has 0 unspecified atom stereocenters. The van der Waals surface area contributed by atoms with E-state index in [1.807, 2.05) is 19.1 Å². The molecule has 0 saturated heterocycles. The molecule has 2 aromatic heterocycles. The van der Waals surface area contributed by atoms with Gasteiger partial charge in [-0.1, -0.05) is 28.9 Å². The summed E-state index contributed by atoms with van der Waals surface area (Å²) >= 11 is 6.02. The van der Waals surface area contributed by atoms with Gasteiger partial charge in [0.05, 0.1) is 12.2 Å². The summed E-state index contributed by atoms with van der Waals surface area (Å²) in [6.07, 6.45) is 1.35. The fraction of sp³-hybridized carbons (Fsp3) is 0.158. The summed E-state index contributed by atoms with van der Waals surface area (Å²) in [5.41, 5.74) is 2.70. The molecule has 0 radical (unpaired) electrons. The standard InChI is InChI=1S/C19H17ClN4O3/c1-12-5-6-13(8-15(12)20)23-19(26)10-18(25)22-11-14-9-17(24-27-14)16-4-2-3-7-21-16/h2-9H,10-11H2,1H3,(H,22,25)(H,23,26). The van der Waals surface area contributed by atoms with E-state index in [1.54, 1.807) is 36.5 Å². The van der Waals surface area contributed by atoms with Crippen LogP contribution in [0, 0.1) is 6.92 Å². The van der Waals surface area contributed by atoms with Crippen molar-refractivity contribution in [1.29, 1.82) is 0 Å². The largest absolute Gasteiger partial charge is 0.359 e. The van der Waals surface area contributed by atoms with Gasteiger partial charge in [-0.2, -0.15) is 0 Å². The summed E-state index contributed by atoms with van der Waals surface area (Å²) in [5, 5.41) is 9.72. The van der Waals surface area contributed by atoms with E-state index in [0.717, 1.165) is 5.56 Å². The Hall–Kier alpha value is -3.19. The SMILES string of the molecule is Cc1ccc(NC(=O)CC(=O)NCc2cc(-c3ccccn3)no2)cc1Cl. The molecule has 0 aliphatic heterocycles. The van der Waals surface area contributed by atoms with Crippen LogP contribution in [0.25, 0.3) is 11.4 Å². The Kier molecular flexibility index (Phi) is 5.83. The molecule has 27 heavy (non-hydrogen) atoms. The molecule has 3 rings (SSSR count). The molecule has 3 aromatic rings. The number of amides is 2. The predicted octanol–water partition coefficient (Wildman–Crippen LogP) is 3.34. The van der Waals surface area contributed by atoms with Crippen LogP contribution in [0.5, 0.6) is 0 Å². The molecule has 8 heteroatoms. The number of anilines is 1. The van der Waals surface area contributed by atoms with E-state index < -0.39 is 11.8 Å². The molecule has 0 spiro atoms. The van der Waals surface area contributed by atoms with E-state index >= 15 is 0 Å². The second-order valence-corrected chi connectivity index (χ2v) is 6.27. The van der Waals surface area contributed by atoms with Gasteiger partial charge in [0.25, 0.3) is 0 Å². The van der Waals surface area contributed by atoms with Crippen molar-refractivity contribution in [3.63, 3.8) is 0 Å². The van der Waals surface area contributed by atoms with E-state index in [0.29, 0.717) is 27.9 Å². The van der Waals surface area contributed by atoms with E-state index in [2.05, 4.69) is 20.8 Å². The van der Waals surface area contributed by atoms with Crippen molar-refractivity contribution in [2.75, 3.05) is 5.32 Å². The van der Waals surface area contributed by atoms with Gasteiger partial charge >= 0.3 is 0 Å². The number of rotatable bonds is 6. The molecule has 0 bridgehead atoms. The van der Waals surface area contributed by atoms with E-state index in [9.17, 15) is 9.59 Å². The number of aromatic nitrogens is 2. The van der Waals surface area contributed by atoms with Gasteiger partial charge in [0, 0.05) is 23.0 Å². The highest BCUT2D eigenvalue weighted by atomic mass is 35.5. The molecule has 2 amide bonds. The maximum atomic E-state index is 12.0. The van der Waals surface area contributed by atoms with Gasteiger partial charge in [0.15, 0.2) is 5.76 Å². The summed E-state index contributed by atoms with van der Waals surface area (Å²) in [6, 6.07) is 12.3. The van der Waals surface area contributed by atoms with Crippen molar-refractivity contribution < 1.29 is 14.1 Å². The number of carbonyl (C=O) groups is 2. The fourth-order valence-corrected chi connectivity index (χ4v) is 2.48. The van der Waals surface area contributed by atoms with Crippen LogP contribution >= 0.6 is 11.6 Å². The van der Waals surface area contributed by atoms with Crippen molar-refractivity contribution >= 4 is 29.1 Å². The lowest BCUT2D eigenvalue weighted by atomic mass is 10.2. The van der Waals surface area contributed by atoms with Gasteiger partial charge in [0.1, 0.15) is 12.1 Å². The molecule has 2 heterocycles. The van der Waals surface area contributed by atoms with Crippen LogP contribution in [0.3, 0.4) is 0 Å². The Morgan fingerprint density at radius 1 is 1.11 bits per heavy atom. The van der Waals surface area contributed by atoms with Crippen molar-refractivity contribution in [3.8, 4) is 11.4 Å². The molecule has 0 saturated carbocycles. The highest BCUT2D eigenvalue weighted by Crippen LogP contribution is 2.20. The van der Waals surface area contributed by atoms with E-state index in [4.69, 9.17) is 16.1 Å². The molecule has 2 N–H and O–H groups in total. The first-order chi connectivity index (χ1) is 13.0. The zero-order valence-electron chi connectivity index (χ0n) is 14.5. The van der Waals surface area contributed by atoms with E-state index in [-0.39, 0.29) is 13.0 Å². The number of benzene rings is 1. The van der Waals surface area contributed by atoms with E-state index in [1.165, 1.54) is 0 Å². The highest BCUT2D eigenvalue weighted by molar-refractivity contribution is 6.31. The van der Waals surface area contributed by atoms with Gasteiger partial charge in [-0.3, -0.25) is 14.6 Å². The number of hydrogen-bond donors (Lipinski definition) is 2. The van der Waals surface area contributed by atoms with Gasteiger partial charge < -0.3 is 15.2 Å². The van der Waals surface area contributed by atoms with Crippen LogP contribution in [-0.2, 0) is 16.1 Å². The molecular formula is C19H17ClN4O3. The normalized spacial score (nSPS) is 10.4. The summed E-state index contributed by atoms with van der Waals surface area (Å²) in [4.78, 5) is 28.1. The zero-order chi connectivity index (χ0) is 19.2. The molecule has 1 aromatic carbocycles.